The number of oxazole rings is 1. The molecule has 0 amide bonds. The van der Waals surface area contributed by atoms with Crippen molar-refractivity contribution in [3.63, 3.8) is 0 Å². The van der Waals surface area contributed by atoms with Crippen molar-refractivity contribution < 1.29 is 13.7 Å². The summed E-state index contributed by atoms with van der Waals surface area (Å²) >= 11 is 0. The van der Waals surface area contributed by atoms with Crippen molar-refractivity contribution in [3.8, 4) is 17.1 Å². The molecule has 1 aromatic carbocycles. The van der Waals surface area contributed by atoms with Crippen LogP contribution in [-0.4, -0.2) is 15.1 Å². The van der Waals surface area contributed by atoms with Crippen LogP contribution in [0.1, 0.15) is 23.2 Å². The fourth-order valence-corrected chi connectivity index (χ4v) is 1.89. The van der Waals surface area contributed by atoms with Gasteiger partial charge in [0.05, 0.1) is 5.69 Å². The zero-order valence-corrected chi connectivity index (χ0v) is 12.1. The van der Waals surface area contributed by atoms with Crippen molar-refractivity contribution in [2.24, 2.45) is 0 Å². The zero-order valence-electron chi connectivity index (χ0n) is 12.1. The number of hydrogen-bond acceptors (Lipinski definition) is 6. The lowest BCUT2D eigenvalue weighted by molar-refractivity contribution is 0.260. The summed E-state index contributed by atoms with van der Waals surface area (Å²) in [7, 11) is 0. The second-order valence-corrected chi connectivity index (χ2v) is 4.70. The van der Waals surface area contributed by atoms with E-state index in [1.807, 2.05) is 38.1 Å². The van der Waals surface area contributed by atoms with Crippen LogP contribution < -0.4 is 4.74 Å². The van der Waals surface area contributed by atoms with Gasteiger partial charge in [-0.15, -0.1) is 0 Å². The second kappa shape index (κ2) is 5.40. The number of nitrogens with zero attached hydrogens (tertiary/aromatic N) is 3. The Bertz CT molecular complexity index is 742. The highest BCUT2D eigenvalue weighted by Gasteiger charge is 2.09. The molecule has 0 bridgehead atoms. The van der Waals surface area contributed by atoms with Crippen molar-refractivity contribution >= 4 is 0 Å². The zero-order chi connectivity index (χ0) is 14.8. The molecular formula is C15H15N3O3. The molecule has 0 atom stereocenters. The van der Waals surface area contributed by atoms with E-state index in [1.165, 1.54) is 0 Å². The first-order valence-electron chi connectivity index (χ1n) is 6.58. The van der Waals surface area contributed by atoms with Crippen LogP contribution in [0.5, 0.6) is 5.75 Å². The average molecular weight is 285 g/mol. The van der Waals surface area contributed by atoms with Crippen LogP contribution in [-0.2, 0) is 6.61 Å². The van der Waals surface area contributed by atoms with Gasteiger partial charge >= 0.3 is 0 Å². The molecule has 3 aromatic rings. The minimum Gasteiger partial charge on any atom is -0.484 e. The molecule has 0 aliphatic heterocycles. The lowest BCUT2D eigenvalue weighted by atomic mass is 10.2. The third kappa shape index (κ3) is 2.94. The third-order valence-corrected chi connectivity index (χ3v) is 3.05. The minimum atomic E-state index is 0.281. The maximum Gasteiger partial charge on any atom is 0.232 e. The highest BCUT2D eigenvalue weighted by Crippen LogP contribution is 2.22. The number of rotatable bonds is 4. The normalized spacial score (nSPS) is 10.8. The lowest BCUT2D eigenvalue weighted by Gasteiger charge is -2.04. The molecule has 3 rings (SSSR count). The number of hydrogen-bond donors (Lipinski definition) is 0. The van der Waals surface area contributed by atoms with E-state index < -0.39 is 0 Å². The Labute approximate surface area is 121 Å². The van der Waals surface area contributed by atoms with Gasteiger partial charge in [-0.05, 0) is 26.0 Å². The summed E-state index contributed by atoms with van der Waals surface area (Å²) < 4.78 is 16.1. The number of aryl methyl sites for hydroxylation is 3. The molecule has 0 N–H and O–H groups in total. The SMILES string of the molecule is Cc1nc(-c2cccc(OCc3nc(C)c(C)o3)c2)no1. The minimum absolute atomic E-state index is 0.281. The predicted octanol–water partition coefficient (Wildman–Crippen LogP) is 3.23. The van der Waals surface area contributed by atoms with Crippen molar-refractivity contribution in [2.45, 2.75) is 27.4 Å². The Balaban J connectivity index is 1.74. The molecule has 2 aromatic heterocycles. The summed E-state index contributed by atoms with van der Waals surface area (Å²) in [5.74, 6) is 3.14. The number of ether oxygens (including phenoxy) is 1. The first-order valence-corrected chi connectivity index (χ1v) is 6.58. The van der Waals surface area contributed by atoms with Gasteiger partial charge in [0.25, 0.3) is 0 Å². The molecule has 0 spiro atoms. The summed E-state index contributed by atoms with van der Waals surface area (Å²) in [6.45, 7) is 5.82. The highest BCUT2D eigenvalue weighted by atomic mass is 16.5. The van der Waals surface area contributed by atoms with Gasteiger partial charge in [0.1, 0.15) is 11.5 Å². The summed E-state index contributed by atoms with van der Waals surface area (Å²) in [4.78, 5) is 8.47. The summed E-state index contributed by atoms with van der Waals surface area (Å²) in [5, 5.41) is 3.89. The molecule has 0 aliphatic carbocycles. The van der Waals surface area contributed by atoms with Crippen molar-refractivity contribution in [3.05, 3.63) is 47.5 Å². The van der Waals surface area contributed by atoms with E-state index in [2.05, 4.69) is 15.1 Å². The molecule has 0 fully saturated rings. The molecule has 108 valence electrons. The van der Waals surface area contributed by atoms with Gasteiger partial charge < -0.3 is 13.7 Å². The molecule has 6 nitrogen and oxygen atoms in total. The Morgan fingerprint density at radius 3 is 2.67 bits per heavy atom. The van der Waals surface area contributed by atoms with E-state index in [-0.39, 0.29) is 6.61 Å². The van der Waals surface area contributed by atoms with Crippen LogP contribution >= 0.6 is 0 Å². The Morgan fingerprint density at radius 1 is 1.14 bits per heavy atom. The van der Waals surface area contributed by atoms with Crippen molar-refractivity contribution in [1.82, 2.24) is 15.1 Å². The standard InChI is InChI=1S/C15H15N3O3/c1-9-10(2)20-14(16-9)8-19-13-6-4-5-12(7-13)15-17-11(3)21-18-15/h4-7H,8H2,1-3H3. The van der Waals surface area contributed by atoms with E-state index in [0.717, 1.165) is 17.0 Å². The first kappa shape index (κ1) is 13.4. The summed E-state index contributed by atoms with van der Waals surface area (Å²) in [5.41, 5.74) is 1.72. The molecule has 21 heavy (non-hydrogen) atoms. The predicted molar refractivity (Wildman–Crippen MR) is 74.8 cm³/mol. The van der Waals surface area contributed by atoms with E-state index in [9.17, 15) is 0 Å². The van der Waals surface area contributed by atoms with Gasteiger partial charge in [-0.3, -0.25) is 0 Å². The van der Waals surface area contributed by atoms with Gasteiger partial charge in [-0.2, -0.15) is 4.98 Å². The van der Waals surface area contributed by atoms with Crippen LogP contribution in [0.2, 0.25) is 0 Å². The summed E-state index contributed by atoms with van der Waals surface area (Å²) in [6.07, 6.45) is 0. The van der Waals surface area contributed by atoms with E-state index in [1.54, 1.807) is 6.92 Å². The maximum atomic E-state index is 5.69. The van der Waals surface area contributed by atoms with E-state index in [0.29, 0.717) is 23.4 Å². The van der Waals surface area contributed by atoms with E-state index >= 15 is 0 Å². The molecule has 2 heterocycles. The molecular weight excluding hydrogens is 270 g/mol. The fourth-order valence-electron chi connectivity index (χ4n) is 1.89. The van der Waals surface area contributed by atoms with Gasteiger partial charge in [0, 0.05) is 12.5 Å². The second-order valence-electron chi connectivity index (χ2n) is 4.70. The topological polar surface area (TPSA) is 74.2 Å². The van der Waals surface area contributed by atoms with Crippen LogP contribution in [0.15, 0.2) is 33.2 Å². The summed E-state index contributed by atoms with van der Waals surface area (Å²) in [6, 6.07) is 7.49. The average Bonchev–Trinajstić information content (AvgIpc) is 3.04. The van der Waals surface area contributed by atoms with Crippen molar-refractivity contribution in [1.29, 1.82) is 0 Å². The Hall–Kier alpha value is -2.63. The maximum absolute atomic E-state index is 5.69. The molecule has 0 saturated carbocycles. The third-order valence-electron chi connectivity index (χ3n) is 3.05. The Morgan fingerprint density at radius 2 is 2.00 bits per heavy atom. The van der Waals surface area contributed by atoms with Gasteiger partial charge in [0.2, 0.25) is 17.6 Å². The molecule has 0 saturated heterocycles. The largest absolute Gasteiger partial charge is 0.484 e. The highest BCUT2D eigenvalue weighted by molar-refractivity contribution is 5.56. The first-order chi connectivity index (χ1) is 10.1. The molecule has 6 heteroatoms. The number of benzene rings is 1. The van der Waals surface area contributed by atoms with Crippen LogP contribution in [0, 0.1) is 20.8 Å². The molecule has 0 unspecified atom stereocenters. The quantitative estimate of drug-likeness (QED) is 0.732. The van der Waals surface area contributed by atoms with Gasteiger partial charge in [0.15, 0.2) is 6.61 Å². The van der Waals surface area contributed by atoms with Crippen LogP contribution in [0.4, 0.5) is 0 Å². The monoisotopic (exact) mass is 285 g/mol. The van der Waals surface area contributed by atoms with Crippen LogP contribution in [0.25, 0.3) is 11.4 Å². The molecule has 0 aliphatic rings. The fraction of sp³-hybridized carbons (Fsp3) is 0.267. The number of aromatic nitrogens is 3. The Kier molecular flexibility index (Phi) is 3.43. The lowest BCUT2D eigenvalue weighted by Crippen LogP contribution is -1.96. The van der Waals surface area contributed by atoms with Gasteiger partial charge in [-0.25, -0.2) is 4.98 Å². The molecule has 0 radical (unpaired) electrons. The van der Waals surface area contributed by atoms with E-state index in [4.69, 9.17) is 13.7 Å². The van der Waals surface area contributed by atoms with Crippen molar-refractivity contribution in [2.75, 3.05) is 0 Å². The van der Waals surface area contributed by atoms with Gasteiger partial charge in [-0.1, -0.05) is 17.3 Å². The smallest absolute Gasteiger partial charge is 0.232 e. The van der Waals surface area contributed by atoms with Crippen LogP contribution in [0.3, 0.4) is 0 Å².